The number of carboxylic acid groups (broad SMARTS) is 1. The van der Waals surface area contributed by atoms with Crippen LogP contribution in [0.2, 0.25) is 0 Å². The molecule has 0 atom stereocenters. The number of benzene rings is 2. The number of para-hydroxylation sites is 1. The summed E-state index contributed by atoms with van der Waals surface area (Å²) in [4.78, 5) is 15.4. The number of pyridine rings is 1. The van der Waals surface area contributed by atoms with Gasteiger partial charge in [-0.05, 0) is 17.7 Å². The highest BCUT2D eigenvalue weighted by Crippen LogP contribution is 2.25. The van der Waals surface area contributed by atoms with E-state index in [2.05, 4.69) is 15.2 Å². The normalized spacial score (nSPS) is 10.9. The van der Waals surface area contributed by atoms with Crippen LogP contribution in [0.4, 0.5) is 0 Å². The third-order valence-corrected chi connectivity index (χ3v) is 5.21. The van der Waals surface area contributed by atoms with E-state index in [9.17, 15) is 4.79 Å². The maximum absolute atomic E-state index is 11.0. The monoisotopic (exact) mass is 406 g/mol. The van der Waals surface area contributed by atoms with Crippen LogP contribution in [0, 0.1) is 0 Å². The highest BCUT2D eigenvalue weighted by molar-refractivity contribution is 7.99. The first-order valence-electron chi connectivity index (χ1n) is 8.98. The molecule has 0 saturated heterocycles. The molecular formula is C21H18N4O3S. The molecule has 0 fully saturated rings. The average Bonchev–Trinajstić information content (AvgIpc) is 3.13. The Kier molecular flexibility index (Phi) is 5.71. The summed E-state index contributed by atoms with van der Waals surface area (Å²) in [5.41, 5.74) is 1.85. The topological polar surface area (TPSA) is 90.1 Å². The van der Waals surface area contributed by atoms with Gasteiger partial charge in [-0.3, -0.25) is 14.3 Å². The molecule has 29 heavy (non-hydrogen) atoms. The average molecular weight is 406 g/mol. The second kappa shape index (κ2) is 8.74. The standard InChI is InChI=1S/C21H18N4O3S/c26-19(27)14-29-21-24-23-18(25(21)12-15-6-2-1-3-7-15)13-28-17-10-4-8-16-9-5-11-22-20(16)17/h1-11H,12-14H2,(H,26,27). The van der Waals surface area contributed by atoms with Gasteiger partial charge in [0, 0.05) is 11.6 Å². The van der Waals surface area contributed by atoms with Gasteiger partial charge in [0.25, 0.3) is 0 Å². The molecule has 0 aliphatic rings. The molecule has 8 heteroatoms. The third-order valence-electron chi connectivity index (χ3n) is 4.25. The predicted molar refractivity (Wildman–Crippen MR) is 110 cm³/mol. The van der Waals surface area contributed by atoms with Crippen molar-refractivity contribution in [1.82, 2.24) is 19.7 Å². The van der Waals surface area contributed by atoms with Crippen molar-refractivity contribution in [1.29, 1.82) is 0 Å². The maximum Gasteiger partial charge on any atom is 0.313 e. The molecule has 0 saturated carbocycles. The van der Waals surface area contributed by atoms with E-state index in [4.69, 9.17) is 9.84 Å². The van der Waals surface area contributed by atoms with Gasteiger partial charge in [-0.1, -0.05) is 60.3 Å². The zero-order valence-electron chi connectivity index (χ0n) is 15.4. The molecule has 0 radical (unpaired) electrons. The second-order valence-corrected chi connectivity index (χ2v) is 7.22. The Labute approximate surface area is 171 Å². The lowest BCUT2D eigenvalue weighted by Gasteiger charge is -2.12. The van der Waals surface area contributed by atoms with E-state index in [1.807, 2.05) is 65.2 Å². The number of nitrogens with zero attached hydrogens (tertiary/aromatic N) is 4. The first-order chi connectivity index (χ1) is 14.2. The molecule has 0 bridgehead atoms. The Morgan fingerprint density at radius 3 is 2.69 bits per heavy atom. The third kappa shape index (κ3) is 4.55. The van der Waals surface area contributed by atoms with Crippen molar-refractivity contribution in [2.75, 3.05) is 5.75 Å². The van der Waals surface area contributed by atoms with Gasteiger partial charge in [-0.15, -0.1) is 10.2 Å². The molecule has 0 spiro atoms. The fourth-order valence-electron chi connectivity index (χ4n) is 2.92. The summed E-state index contributed by atoms with van der Waals surface area (Å²) in [6.07, 6.45) is 1.73. The number of ether oxygens (including phenoxy) is 1. The van der Waals surface area contributed by atoms with Gasteiger partial charge in [-0.25, -0.2) is 0 Å². The minimum Gasteiger partial charge on any atom is -0.483 e. The van der Waals surface area contributed by atoms with Gasteiger partial charge >= 0.3 is 5.97 Å². The van der Waals surface area contributed by atoms with Crippen LogP contribution in [-0.4, -0.2) is 36.6 Å². The zero-order chi connectivity index (χ0) is 20.1. The van der Waals surface area contributed by atoms with Crippen LogP contribution in [0.5, 0.6) is 5.75 Å². The predicted octanol–water partition coefficient (Wildman–Crippen LogP) is 3.63. The van der Waals surface area contributed by atoms with Crippen molar-refractivity contribution in [3.63, 3.8) is 0 Å². The molecular weight excluding hydrogens is 388 g/mol. The molecule has 2 heterocycles. The summed E-state index contributed by atoms with van der Waals surface area (Å²) < 4.78 is 7.90. The Hall–Kier alpha value is -3.39. The lowest BCUT2D eigenvalue weighted by Crippen LogP contribution is -2.10. The molecule has 4 rings (SSSR count). The lowest BCUT2D eigenvalue weighted by atomic mass is 10.2. The van der Waals surface area contributed by atoms with E-state index in [-0.39, 0.29) is 12.4 Å². The summed E-state index contributed by atoms with van der Waals surface area (Å²) in [6, 6.07) is 19.5. The summed E-state index contributed by atoms with van der Waals surface area (Å²) in [6.45, 7) is 0.728. The maximum atomic E-state index is 11.0. The van der Waals surface area contributed by atoms with Gasteiger partial charge in [0.15, 0.2) is 11.0 Å². The number of hydrogen-bond acceptors (Lipinski definition) is 6. The summed E-state index contributed by atoms with van der Waals surface area (Å²) in [5.74, 6) is 0.303. The van der Waals surface area contributed by atoms with Gasteiger partial charge < -0.3 is 9.84 Å². The number of carbonyl (C=O) groups is 1. The molecule has 0 amide bonds. The molecule has 146 valence electrons. The highest BCUT2D eigenvalue weighted by Gasteiger charge is 2.15. The van der Waals surface area contributed by atoms with Gasteiger partial charge in [0.1, 0.15) is 17.9 Å². The number of carboxylic acids is 1. The Bertz CT molecular complexity index is 1130. The van der Waals surface area contributed by atoms with E-state index < -0.39 is 5.97 Å². The molecule has 0 aliphatic carbocycles. The minimum absolute atomic E-state index is 0.0823. The molecule has 2 aromatic heterocycles. The largest absolute Gasteiger partial charge is 0.483 e. The van der Waals surface area contributed by atoms with Crippen molar-refractivity contribution in [3.8, 4) is 5.75 Å². The van der Waals surface area contributed by atoms with Crippen molar-refractivity contribution in [2.24, 2.45) is 0 Å². The quantitative estimate of drug-likeness (QED) is 0.447. The van der Waals surface area contributed by atoms with Crippen LogP contribution in [0.1, 0.15) is 11.4 Å². The van der Waals surface area contributed by atoms with Crippen LogP contribution < -0.4 is 4.74 Å². The summed E-state index contributed by atoms with van der Waals surface area (Å²) in [5, 5.41) is 19.0. The number of thioether (sulfide) groups is 1. The van der Waals surface area contributed by atoms with E-state index >= 15 is 0 Å². The number of aliphatic carboxylic acids is 1. The van der Waals surface area contributed by atoms with Crippen LogP contribution in [0.25, 0.3) is 10.9 Å². The SMILES string of the molecule is O=C(O)CSc1nnc(COc2cccc3cccnc23)n1Cc1ccccc1. The van der Waals surface area contributed by atoms with E-state index in [1.54, 1.807) is 6.20 Å². The fourth-order valence-corrected chi connectivity index (χ4v) is 3.60. The molecule has 4 aromatic rings. The van der Waals surface area contributed by atoms with E-state index in [0.29, 0.717) is 23.3 Å². The number of aromatic nitrogens is 4. The highest BCUT2D eigenvalue weighted by atomic mass is 32.2. The van der Waals surface area contributed by atoms with Crippen molar-refractivity contribution >= 4 is 28.6 Å². The minimum atomic E-state index is -0.899. The molecule has 7 nitrogen and oxygen atoms in total. The molecule has 0 unspecified atom stereocenters. The van der Waals surface area contributed by atoms with E-state index in [0.717, 1.165) is 28.2 Å². The second-order valence-electron chi connectivity index (χ2n) is 6.27. The Morgan fingerprint density at radius 2 is 1.86 bits per heavy atom. The smallest absolute Gasteiger partial charge is 0.313 e. The van der Waals surface area contributed by atoms with Crippen molar-refractivity contribution in [3.05, 3.63) is 78.2 Å². The van der Waals surface area contributed by atoms with Crippen LogP contribution in [-0.2, 0) is 17.9 Å². The van der Waals surface area contributed by atoms with Crippen molar-refractivity contribution in [2.45, 2.75) is 18.3 Å². The van der Waals surface area contributed by atoms with Crippen LogP contribution in [0.15, 0.2) is 72.0 Å². The molecule has 2 aromatic carbocycles. The first-order valence-corrected chi connectivity index (χ1v) is 9.96. The fraction of sp³-hybridized carbons (Fsp3) is 0.143. The van der Waals surface area contributed by atoms with Gasteiger partial charge in [-0.2, -0.15) is 0 Å². The Balaban J connectivity index is 1.59. The summed E-state index contributed by atoms with van der Waals surface area (Å²) >= 11 is 1.14. The lowest BCUT2D eigenvalue weighted by molar-refractivity contribution is -0.133. The molecule has 1 N–H and O–H groups in total. The van der Waals surface area contributed by atoms with Gasteiger partial charge in [0.05, 0.1) is 12.3 Å². The number of fused-ring (bicyclic) bond motifs is 1. The number of rotatable bonds is 8. The Morgan fingerprint density at radius 1 is 1.03 bits per heavy atom. The van der Waals surface area contributed by atoms with Gasteiger partial charge in [0.2, 0.25) is 0 Å². The first kappa shape index (κ1) is 18.9. The number of hydrogen-bond donors (Lipinski definition) is 1. The molecule has 0 aliphatic heterocycles. The summed E-state index contributed by atoms with van der Waals surface area (Å²) in [7, 11) is 0. The van der Waals surface area contributed by atoms with Crippen LogP contribution in [0.3, 0.4) is 0 Å². The zero-order valence-corrected chi connectivity index (χ0v) is 16.2. The van der Waals surface area contributed by atoms with E-state index in [1.165, 1.54) is 0 Å². The van der Waals surface area contributed by atoms with Crippen molar-refractivity contribution < 1.29 is 14.6 Å². The van der Waals surface area contributed by atoms with Crippen LogP contribution >= 0.6 is 11.8 Å².